The fraction of sp³-hybridized carbons (Fsp3) is 0.174. The van der Waals surface area contributed by atoms with Crippen LogP contribution in [0.5, 0.6) is 5.75 Å². The van der Waals surface area contributed by atoms with E-state index in [1.165, 1.54) is 24.3 Å². The smallest absolute Gasteiger partial charge is 0.387 e. The SMILES string of the molecule is C[C@H](N[C@H](c1ccccc1)c1ccc(OC(F)F)cc1)C(=O)Nc1ccccc1F. The highest BCUT2D eigenvalue weighted by Gasteiger charge is 2.21. The van der Waals surface area contributed by atoms with Crippen molar-refractivity contribution in [3.8, 4) is 5.75 Å². The molecule has 30 heavy (non-hydrogen) atoms. The Morgan fingerprint density at radius 2 is 1.47 bits per heavy atom. The minimum atomic E-state index is -2.90. The van der Waals surface area contributed by atoms with Gasteiger partial charge in [0.1, 0.15) is 11.6 Å². The van der Waals surface area contributed by atoms with Crippen molar-refractivity contribution < 1.29 is 22.7 Å². The Kier molecular flexibility index (Phi) is 7.08. The Labute approximate surface area is 172 Å². The van der Waals surface area contributed by atoms with E-state index in [4.69, 9.17) is 0 Å². The predicted octanol–water partition coefficient (Wildman–Crippen LogP) is 5.13. The molecule has 156 valence electrons. The highest BCUT2D eigenvalue weighted by Crippen LogP contribution is 2.25. The molecule has 0 aromatic heterocycles. The van der Waals surface area contributed by atoms with Crippen molar-refractivity contribution >= 4 is 11.6 Å². The van der Waals surface area contributed by atoms with E-state index in [9.17, 15) is 18.0 Å². The number of anilines is 1. The molecule has 3 rings (SSSR count). The second kappa shape index (κ2) is 9.93. The van der Waals surface area contributed by atoms with Crippen LogP contribution in [-0.2, 0) is 4.79 Å². The number of carbonyl (C=O) groups is 1. The minimum Gasteiger partial charge on any atom is -0.435 e. The van der Waals surface area contributed by atoms with E-state index < -0.39 is 30.4 Å². The zero-order valence-electron chi connectivity index (χ0n) is 16.2. The second-order valence-corrected chi connectivity index (χ2v) is 6.65. The molecule has 3 aromatic carbocycles. The molecule has 1 amide bonds. The van der Waals surface area contributed by atoms with Crippen molar-refractivity contribution in [2.24, 2.45) is 0 Å². The first kappa shape index (κ1) is 21.4. The lowest BCUT2D eigenvalue weighted by atomic mass is 9.97. The fourth-order valence-electron chi connectivity index (χ4n) is 3.00. The summed E-state index contributed by atoms with van der Waals surface area (Å²) in [6.45, 7) is -1.23. The molecular formula is C23H21F3N2O2. The van der Waals surface area contributed by atoms with Gasteiger partial charge in [-0.05, 0) is 42.3 Å². The van der Waals surface area contributed by atoms with Gasteiger partial charge in [0.15, 0.2) is 0 Å². The second-order valence-electron chi connectivity index (χ2n) is 6.65. The van der Waals surface area contributed by atoms with Gasteiger partial charge < -0.3 is 10.1 Å². The van der Waals surface area contributed by atoms with Crippen molar-refractivity contribution in [3.63, 3.8) is 0 Å². The molecular weight excluding hydrogens is 393 g/mol. The van der Waals surface area contributed by atoms with Crippen molar-refractivity contribution in [1.82, 2.24) is 5.32 Å². The number of amides is 1. The van der Waals surface area contributed by atoms with Crippen molar-refractivity contribution in [2.45, 2.75) is 25.6 Å². The molecule has 0 spiro atoms. The number of nitrogens with one attached hydrogen (secondary N) is 2. The van der Waals surface area contributed by atoms with Gasteiger partial charge in [0.2, 0.25) is 5.91 Å². The zero-order chi connectivity index (χ0) is 21.5. The molecule has 0 saturated heterocycles. The van der Waals surface area contributed by atoms with Crippen LogP contribution in [0.1, 0.15) is 24.1 Å². The molecule has 0 aliphatic rings. The number of halogens is 3. The molecule has 7 heteroatoms. The average molecular weight is 414 g/mol. The van der Waals surface area contributed by atoms with E-state index in [2.05, 4.69) is 15.4 Å². The van der Waals surface area contributed by atoms with E-state index in [0.29, 0.717) is 0 Å². The minimum absolute atomic E-state index is 0.0471. The third-order valence-corrected chi connectivity index (χ3v) is 4.51. The largest absolute Gasteiger partial charge is 0.435 e. The summed E-state index contributed by atoms with van der Waals surface area (Å²) in [5.41, 5.74) is 1.74. The molecule has 3 aromatic rings. The van der Waals surface area contributed by atoms with E-state index in [-0.39, 0.29) is 11.4 Å². The topological polar surface area (TPSA) is 50.4 Å². The molecule has 0 radical (unpaired) electrons. The summed E-state index contributed by atoms with van der Waals surface area (Å²) in [5.74, 6) is -0.878. The number of rotatable bonds is 8. The number of para-hydroxylation sites is 1. The van der Waals surface area contributed by atoms with Crippen molar-refractivity contribution in [1.29, 1.82) is 0 Å². The lowest BCUT2D eigenvalue weighted by Crippen LogP contribution is -2.40. The summed E-state index contributed by atoms with van der Waals surface area (Å²) in [6, 6.07) is 20.4. The third-order valence-electron chi connectivity index (χ3n) is 4.51. The number of carbonyl (C=O) groups excluding carboxylic acids is 1. The van der Waals surface area contributed by atoms with Crippen LogP contribution in [-0.4, -0.2) is 18.6 Å². The van der Waals surface area contributed by atoms with Crippen LogP contribution in [0.2, 0.25) is 0 Å². The summed E-state index contributed by atoms with van der Waals surface area (Å²) in [4.78, 5) is 12.6. The Bertz CT molecular complexity index is 966. The van der Waals surface area contributed by atoms with Crippen LogP contribution in [0, 0.1) is 5.82 Å². The van der Waals surface area contributed by atoms with Crippen LogP contribution in [0.15, 0.2) is 78.9 Å². The summed E-state index contributed by atoms with van der Waals surface area (Å²) < 4.78 is 43.0. The van der Waals surface area contributed by atoms with Gasteiger partial charge in [-0.25, -0.2) is 4.39 Å². The molecule has 4 nitrogen and oxygen atoms in total. The van der Waals surface area contributed by atoms with E-state index in [0.717, 1.165) is 11.1 Å². The third kappa shape index (κ3) is 5.61. The standard InChI is InChI=1S/C23H21F3N2O2/c1-15(22(29)28-20-10-6-5-9-19(20)24)27-21(16-7-3-2-4-8-16)17-11-13-18(14-12-17)30-23(25)26/h2-15,21,23,27H,1H3,(H,28,29)/t15-,21+/m0/s1. The van der Waals surface area contributed by atoms with Crippen LogP contribution < -0.4 is 15.4 Å². The van der Waals surface area contributed by atoms with Crippen LogP contribution in [0.4, 0.5) is 18.9 Å². The first-order chi connectivity index (χ1) is 14.4. The van der Waals surface area contributed by atoms with Crippen molar-refractivity contribution in [3.05, 3.63) is 95.8 Å². The maximum atomic E-state index is 13.8. The molecule has 0 unspecified atom stereocenters. The summed E-state index contributed by atoms with van der Waals surface area (Å²) >= 11 is 0. The van der Waals surface area contributed by atoms with Gasteiger partial charge in [-0.1, -0.05) is 54.6 Å². The number of benzene rings is 3. The van der Waals surface area contributed by atoms with E-state index in [1.807, 2.05) is 30.3 Å². The summed E-state index contributed by atoms with van der Waals surface area (Å²) in [6.07, 6.45) is 0. The Hall–Kier alpha value is -3.32. The number of alkyl halides is 2. The Morgan fingerprint density at radius 3 is 2.10 bits per heavy atom. The normalized spacial score (nSPS) is 13.0. The highest BCUT2D eigenvalue weighted by atomic mass is 19.3. The lowest BCUT2D eigenvalue weighted by molar-refractivity contribution is -0.117. The van der Waals surface area contributed by atoms with Gasteiger partial charge >= 0.3 is 6.61 Å². The molecule has 0 saturated carbocycles. The summed E-state index contributed by atoms with van der Waals surface area (Å²) in [5, 5.41) is 5.80. The number of hydrogen-bond acceptors (Lipinski definition) is 3. The quantitative estimate of drug-likeness (QED) is 0.537. The average Bonchev–Trinajstić information content (AvgIpc) is 2.74. The molecule has 0 aliphatic heterocycles. The Balaban J connectivity index is 1.79. The molecule has 0 aliphatic carbocycles. The van der Waals surface area contributed by atoms with Gasteiger partial charge in [0.05, 0.1) is 17.8 Å². The van der Waals surface area contributed by atoms with Gasteiger partial charge in [0, 0.05) is 0 Å². The fourth-order valence-corrected chi connectivity index (χ4v) is 3.00. The number of ether oxygens (including phenoxy) is 1. The molecule has 0 fully saturated rings. The molecule has 0 heterocycles. The first-order valence-electron chi connectivity index (χ1n) is 9.35. The molecule has 0 bridgehead atoms. The Morgan fingerprint density at radius 1 is 0.867 bits per heavy atom. The number of hydrogen-bond donors (Lipinski definition) is 2. The van der Waals surface area contributed by atoms with Gasteiger partial charge in [0.25, 0.3) is 0 Å². The maximum Gasteiger partial charge on any atom is 0.387 e. The monoisotopic (exact) mass is 414 g/mol. The molecule has 2 atom stereocenters. The summed E-state index contributed by atoms with van der Waals surface area (Å²) in [7, 11) is 0. The first-order valence-corrected chi connectivity index (χ1v) is 9.35. The molecule has 2 N–H and O–H groups in total. The predicted molar refractivity (Wildman–Crippen MR) is 109 cm³/mol. The van der Waals surface area contributed by atoms with Crippen LogP contribution in [0.3, 0.4) is 0 Å². The van der Waals surface area contributed by atoms with E-state index >= 15 is 0 Å². The van der Waals surface area contributed by atoms with Crippen LogP contribution in [0.25, 0.3) is 0 Å². The van der Waals surface area contributed by atoms with Crippen LogP contribution >= 0.6 is 0 Å². The van der Waals surface area contributed by atoms with Crippen molar-refractivity contribution in [2.75, 3.05) is 5.32 Å². The van der Waals surface area contributed by atoms with E-state index in [1.54, 1.807) is 31.2 Å². The van der Waals surface area contributed by atoms with Gasteiger partial charge in [-0.15, -0.1) is 0 Å². The highest BCUT2D eigenvalue weighted by molar-refractivity contribution is 5.94. The zero-order valence-corrected chi connectivity index (χ0v) is 16.2. The lowest BCUT2D eigenvalue weighted by Gasteiger charge is -2.24. The maximum absolute atomic E-state index is 13.8. The van der Waals surface area contributed by atoms with Gasteiger partial charge in [-0.3, -0.25) is 10.1 Å². The van der Waals surface area contributed by atoms with Gasteiger partial charge in [-0.2, -0.15) is 8.78 Å².